The number of carbonyl (C=O) groups excluding carboxylic acids is 1. The van der Waals surface area contributed by atoms with Crippen LogP contribution in [-0.2, 0) is 9.53 Å². The van der Waals surface area contributed by atoms with E-state index in [1.54, 1.807) is 0 Å². The van der Waals surface area contributed by atoms with Crippen LogP contribution in [0.1, 0.15) is 136 Å². The van der Waals surface area contributed by atoms with Crippen molar-refractivity contribution in [3.63, 3.8) is 0 Å². The van der Waals surface area contributed by atoms with Crippen molar-refractivity contribution < 1.29 is 9.53 Å². The molecule has 28 heavy (non-hydrogen) atoms. The van der Waals surface area contributed by atoms with Gasteiger partial charge in [0.25, 0.3) is 0 Å². The topological polar surface area (TPSA) is 26.3 Å². The normalized spacial score (nSPS) is 10.9. The summed E-state index contributed by atoms with van der Waals surface area (Å²) in [4.78, 5) is 11.6. The first kappa shape index (κ1) is 30.4. The number of hydrogen-bond donors (Lipinski definition) is 0. The van der Waals surface area contributed by atoms with Gasteiger partial charge in [0.15, 0.2) is 0 Å². The second kappa shape index (κ2) is 27.2. The third-order valence-electron chi connectivity index (χ3n) is 5.15. The van der Waals surface area contributed by atoms with Crippen LogP contribution in [0.2, 0.25) is 0 Å². The zero-order valence-electron chi connectivity index (χ0n) is 18.6. The zero-order chi connectivity index (χ0) is 19.8. The Morgan fingerprint density at radius 3 is 1.57 bits per heavy atom. The van der Waals surface area contributed by atoms with Gasteiger partial charge in [-0.2, -0.15) is 0 Å². The Bertz CT molecular complexity index is 329. The maximum atomic E-state index is 11.6. The van der Waals surface area contributed by atoms with E-state index >= 15 is 0 Å². The molecule has 3 heteroatoms. The summed E-state index contributed by atoms with van der Waals surface area (Å²) in [6.45, 7) is 5.11. The summed E-state index contributed by atoms with van der Waals surface area (Å²) in [6, 6.07) is 0. The maximum absolute atomic E-state index is 11.6. The number of allylic oxidation sites excluding steroid dienone is 2. The fraction of sp³-hybridized carbons (Fsp3) is 0.880. The molecule has 0 heterocycles. The van der Waals surface area contributed by atoms with Crippen LogP contribution in [-0.4, -0.2) is 42.1 Å². The van der Waals surface area contributed by atoms with Crippen LogP contribution in [0.5, 0.6) is 0 Å². The van der Waals surface area contributed by atoms with Crippen molar-refractivity contribution >= 4 is 35.5 Å². The molecule has 0 unspecified atom stereocenters. The van der Waals surface area contributed by atoms with Crippen molar-refractivity contribution in [1.29, 1.82) is 0 Å². The molecule has 0 aliphatic carbocycles. The van der Waals surface area contributed by atoms with Crippen LogP contribution >= 0.6 is 0 Å². The molecule has 0 amide bonds. The molecule has 0 spiro atoms. The Balaban J connectivity index is 0. The van der Waals surface area contributed by atoms with Gasteiger partial charge in [-0.25, -0.2) is 0 Å². The molecular formula is C25H49NaO2. The fourth-order valence-corrected chi connectivity index (χ4v) is 3.30. The molecule has 0 rings (SSSR count). The van der Waals surface area contributed by atoms with E-state index in [9.17, 15) is 4.79 Å². The predicted octanol–water partition coefficient (Wildman–Crippen LogP) is 7.89. The molecule has 0 saturated heterocycles. The first-order valence-electron chi connectivity index (χ1n) is 12.1. The molecular weight excluding hydrogens is 355 g/mol. The Morgan fingerprint density at radius 1 is 0.607 bits per heavy atom. The van der Waals surface area contributed by atoms with E-state index in [0.717, 1.165) is 19.3 Å². The van der Waals surface area contributed by atoms with E-state index < -0.39 is 0 Å². The van der Waals surface area contributed by atoms with Gasteiger partial charge in [0.2, 0.25) is 0 Å². The molecule has 0 radical (unpaired) electrons. The van der Waals surface area contributed by atoms with Gasteiger partial charge >= 0.3 is 35.5 Å². The van der Waals surface area contributed by atoms with Crippen LogP contribution in [0.3, 0.4) is 0 Å². The number of unbranched alkanes of at least 4 members (excludes halogenated alkanes) is 15. The number of rotatable bonds is 21. The SMILES string of the molecule is CCCCCCCC/C=C\CCCCCCCC(=O)OCCCCCCC.[NaH]. The van der Waals surface area contributed by atoms with Gasteiger partial charge < -0.3 is 4.74 Å². The Hall–Kier alpha value is 0.210. The average Bonchev–Trinajstić information content (AvgIpc) is 2.67. The van der Waals surface area contributed by atoms with Crippen molar-refractivity contribution in [2.75, 3.05) is 6.61 Å². The molecule has 0 aliphatic heterocycles. The van der Waals surface area contributed by atoms with Crippen LogP contribution in [0.15, 0.2) is 12.2 Å². The van der Waals surface area contributed by atoms with Crippen LogP contribution in [0.4, 0.5) is 0 Å². The number of esters is 1. The summed E-state index contributed by atoms with van der Waals surface area (Å²) in [5.74, 6) is 0.00289. The Kier molecular flexibility index (Phi) is 29.5. The van der Waals surface area contributed by atoms with Crippen molar-refractivity contribution in [1.82, 2.24) is 0 Å². The summed E-state index contributed by atoms with van der Waals surface area (Å²) in [7, 11) is 0. The summed E-state index contributed by atoms with van der Waals surface area (Å²) in [5.41, 5.74) is 0. The molecule has 0 saturated carbocycles. The van der Waals surface area contributed by atoms with Gasteiger partial charge in [-0.3, -0.25) is 4.79 Å². The van der Waals surface area contributed by atoms with E-state index in [2.05, 4.69) is 26.0 Å². The third-order valence-corrected chi connectivity index (χ3v) is 5.15. The summed E-state index contributed by atoms with van der Waals surface area (Å²) >= 11 is 0. The van der Waals surface area contributed by atoms with Gasteiger partial charge in [-0.15, -0.1) is 0 Å². The molecule has 0 aromatic rings. The Labute approximate surface area is 198 Å². The molecule has 0 aromatic heterocycles. The van der Waals surface area contributed by atoms with Crippen LogP contribution < -0.4 is 0 Å². The van der Waals surface area contributed by atoms with Gasteiger partial charge in [0.05, 0.1) is 6.61 Å². The number of hydrogen-bond acceptors (Lipinski definition) is 2. The molecule has 162 valence electrons. The number of ether oxygens (including phenoxy) is 1. The molecule has 0 N–H and O–H groups in total. The molecule has 0 aromatic carbocycles. The van der Waals surface area contributed by atoms with Crippen molar-refractivity contribution in [3.05, 3.63) is 12.2 Å². The molecule has 0 bridgehead atoms. The van der Waals surface area contributed by atoms with E-state index in [1.807, 2.05) is 0 Å². The van der Waals surface area contributed by atoms with E-state index in [4.69, 9.17) is 4.74 Å². The van der Waals surface area contributed by atoms with E-state index in [1.165, 1.54) is 96.3 Å². The monoisotopic (exact) mass is 404 g/mol. The Morgan fingerprint density at radius 2 is 1.04 bits per heavy atom. The van der Waals surface area contributed by atoms with E-state index in [0.29, 0.717) is 13.0 Å². The van der Waals surface area contributed by atoms with Crippen molar-refractivity contribution in [2.24, 2.45) is 0 Å². The van der Waals surface area contributed by atoms with Gasteiger partial charge in [0, 0.05) is 6.42 Å². The minimum absolute atomic E-state index is 0. The average molecular weight is 405 g/mol. The summed E-state index contributed by atoms with van der Waals surface area (Å²) in [5, 5.41) is 0. The first-order chi connectivity index (χ1) is 13.3. The second-order valence-corrected chi connectivity index (χ2v) is 7.97. The van der Waals surface area contributed by atoms with E-state index in [-0.39, 0.29) is 35.5 Å². The standard InChI is InChI=1S/C25H48O2.Na.H/c1-3-5-7-9-10-11-12-13-14-15-16-17-18-19-21-23-25(26)27-24-22-20-8-6-4-2;;/h13-14H,3-12,15-24H2,1-2H3;;/b14-13-;;. The third kappa shape index (κ3) is 26.2. The van der Waals surface area contributed by atoms with Gasteiger partial charge in [0.1, 0.15) is 0 Å². The first-order valence-corrected chi connectivity index (χ1v) is 12.1. The molecule has 0 fully saturated rings. The summed E-state index contributed by atoms with van der Waals surface area (Å²) in [6.07, 6.45) is 28.1. The summed E-state index contributed by atoms with van der Waals surface area (Å²) < 4.78 is 5.29. The zero-order valence-corrected chi connectivity index (χ0v) is 18.6. The van der Waals surface area contributed by atoms with Gasteiger partial charge in [-0.1, -0.05) is 103 Å². The fourth-order valence-electron chi connectivity index (χ4n) is 3.30. The molecule has 0 atom stereocenters. The van der Waals surface area contributed by atoms with Crippen molar-refractivity contribution in [2.45, 2.75) is 136 Å². The molecule has 2 nitrogen and oxygen atoms in total. The van der Waals surface area contributed by atoms with Crippen LogP contribution in [0, 0.1) is 0 Å². The minimum atomic E-state index is 0. The van der Waals surface area contributed by atoms with Crippen LogP contribution in [0.25, 0.3) is 0 Å². The van der Waals surface area contributed by atoms with Crippen molar-refractivity contribution in [3.8, 4) is 0 Å². The molecule has 0 aliphatic rings. The second-order valence-electron chi connectivity index (χ2n) is 7.97. The quantitative estimate of drug-likeness (QED) is 0.0841. The van der Waals surface area contributed by atoms with Gasteiger partial charge in [-0.05, 0) is 38.5 Å². The number of carbonyl (C=O) groups is 1. The predicted molar refractivity (Wildman–Crippen MR) is 126 cm³/mol.